The molecule has 11 heteroatoms. The SMILES string of the molecule is CCOc1ccccc1OCC(=O)NNC(=O)c1ccc(Cl)c(NS(C)(=O)=O)c1. The lowest BCUT2D eigenvalue weighted by Crippen LogP contribution is -2.43. The molecule has 0 fully saturated rings. The molecule has 0 aromatic heterocycles. The summed E-state index contributed by atoms with van der Waals surface area (Å²) in [4.78, 5) is 24.1. The van der Waals surface area contributed by atoms with Gasteiger partial charge in [0.15, 0.2) is 18.1 Å². The van der Waals surface area contributed by atoms with Crippen LogP contribution in [-0.4, -0.2) is 39.7 Å². The fraction of sp³-hybridized carbons (Fsp3) is 0.222. The highest BCUT2D eigenvalue weighted by Crippen LogP contribution is 2.26. The van der Waals surface area contributed by atoms with E-state index >= 15 is 0 Å². The van der Waals surface area contributed by atoms with E-state index in [4.69, 9.17) is 21.1 Å². The Morgan fingerprint density at radius 3 is 2.31 bits per heavy atom. The monoisotopic (exact) mass is 441 g/mol. The minimum absolute atomic E-state index is 0.0454. The maximum absolute atomic E-state index is 12.2. The van der Waals surface area contributed by atoms with Gasteiger partial charge in [-0.15, -0.1) is 0 Å². The molecule has 2 amide bonds. The van der Waals surface area contributed by atoms with E-state index in [0.29, 0.717) is 18.1 Å². The third kappa shape index (κ3) is 7.16. The molecule has 0 spiro atoms. The van der Waals surface area contributed by atoms with Crippen LogP contribution in [0.3, 0.4) is 0 Å². The number of hydrogen-bond donors (Lipinski definition) is 3. The molecule has 29 heavy (non-hydrogen) atoms. The number of sulfonamides is 1. The lowest BCUT2D eigenvalue weighted by Gasteiger charge is -2.12. The first-order valence-electron chi connectivity index (χ1n) is 8.40. The third-order valence-corrected chi connectivity index (χ3v) is 4.27. The van der Waals surface area contributed by atoms with E-state index < -0.39 is 21.8 Å². The summed E-state index contributed by atoms with van der Waals surface area (Å²) in [6.45, 7) is 1.92. The van der Waals surface area contributed by atoms with E-state index in [1.165, 1.54) is 18.2 Å². The zero-order valence-electron chi connectivity index (χ0n) is 15.7. The summed E-state index contributed by atoms with van der Waals surface area (Å²) < 4.78 is 35.7. The molecule has 2 rings (SSSR count). The van der Waals surface area contributed by atoms with Gasteiger partial charge in [-0.3, -0.25) is 25.2 Å². The summed E-state index contributed by atoms with van der Waals surface area (Å²) >= 11 is 5.91. The molecule has 3 N–H and O–H groups in total. The minimum Gasteiger partial charge on any atom is -0.490 e. The number of amides is 2. The maximum atomic E-state index is 12.2. The van der Waals surface area contributed by atoms with Crippen molar-refractivity contribution in [2.24, 2.45) is 0 Å². The van der Waals surface area contributed by atoms with Crippen LogP contribution in [0.5, 0.6) is 11.5 Å². The van der Waals surface area contributed by atoms with Crippen molar-refractivity contribution >= 4 is 39.1 Å². The van der Waals surface area contributed by atoms with Crippen molar-refractivity contribution in [3.8, 4) is 11.5 Å². The van der Waals surface area contributed by atoms with Crippen LogP contribution in [0.15, 0.2) is 42.5 Å². The van der Waals surface area contributed by atoms with Gasteiger partial charge in [0.25, 0.3) is 11.8 Å². The van der Waals surface area contributed by atoms with Crippen LogP contribution >= 0.6 is 11.6 Å². The number of carbonyl (C=O) groups is 2. The van der Waals surface area contributed by atoms with E-state index in [0.717, 1.165) is 6.26 Å². The van der Waals surface area contributed by atoms with Crippen molar-refractivity contribution < 1.29 is 27.5 Å². The van der Waals surface area contributed by atoms with Crippen LogP contribution in [0.2, 0.25) is 5.02 Å². The molecule has 0 saturated heterocycles. The number of anilines is 1. The number of para-hydroxylation sites is 2. The fourth-order valence-corrected chi connectivity index (χ4v) is 2.96. The molecule has 0 bridgehead atoms. The van der Waals surface area contributed by atoms with Crippen LogP contribution < -0.4 is 25.0 Å². The predicted molar refractivity (Wildman–Crippen MR) is 109 cm³/mol. The predicted octanol–water partition coefficient (Wildman–Crippen LogP) is 1.95. The van der Waals surface area contributed by atoms with Crippen LogP contribution in [0.4, 0.5) is 5.69 Å². The van der Waals surface area contributed by atoms with Crippen LogP contribution in [0, 0.1) is 0 Å². The number of carbonyl (C=O) groups excluding carboxylic acids is 2. The number of benzene rings is 2. The smallest absolute Gasteiger partial charge is 0.276 e. The lowest BCUT2D eigenvalue weighted by atomic mass is 10.2. The van der Waals surface area contributed by atoms with E-state index in [2.05, 4.69) is 15.6 Å². The molecule has 9 nitrogen and oxygen atoms in total. The van der Waals surface area contributed by atoms with E-state index in [1.807, 2.05) is 6.92 Å². The largest absolute Gasteiger partial charge is 0.490 e. The first-order valence-corrected chi connectivity index (χ1v) is 10.7. The van der Waals surface area contributed by atoms with Crippen molar-refractivity contribution in [1.82, 2.24) is 10.9 Å². The second kappa shape index (κ2) is 9.99. The average Bonchev–Trinajstić information content (AvgIpc) is 2.66. The molecule has 0 heterocycles. The summed E-state index contributed by atoms with van der Waals surface area (Å²) in [5, 5.41) is 0.123. The first-order chi connectivity index (χ1) is 13.7. The van der Waals surface area contributed by atoms with Gasteiger partial charge in [-0.1, -0.05) is 23.7 Å². The highest BCUT2D eigenvalue weighted by atomic mass is 35.5. The van der Waals surface area contributed by atoms with Crippen LogP contribution in [0.25, 0.3) is 0 Å². The number of nitrogens with one attached hydrogen (secondary N) is 3. The number of hydrazine groups is 1. The summed E-state index contributed by atoms with van der Waals surface area (Å²) in [6, 6.07) is 10.9. The summed E-state index contributed by atoms with van der Waals surface area (Å²) in [6.07, 6.45) is 0.958. The Morgan fingerprint density at radius 1 is 1.03 bits per heavy atom. The molecular formula is C18H20ClN3O6S. The number of ether oxygens (including phenoxy) is 2. The standard InChI is InChI=1S/C18H20ClN3O6S/c1-3-27-15-6-4-5-7-16(15)28-11-17(23)20-21-18(24)12-8-9-13(19)14(10-12)22-29(2,25)26/h4-10,22H,3,11H2,1-2H3,(H,20,23)(H,21,24). The molecular weight excluding hydrogens is 422 g/mol. The van der Waals surface area contributed by atoms with Crippen LogP contribution in [-0.2, 0) is 14.8 Å². The summed E-state index contributed by atoms with van der Waals surface area (Å²) in [7, 11) is -3.57. The molecule has 0 radical (unpaired) electrons. The van der Waals surface area contributed by atoms with E-state index in [9.17, 15) is 18.0 Å². The number of halogens is 1. The molecule has 2 aromatic carbocycles. The van der Waals surface area contributed by atoms with Gasteiger partial charge >= 0.3 is 0 Å². The molecule has 156 valence electrons. The second-order valence-corrected chi connectivity index (χ2v) is 7.90. The normalized spacial score (nSPS) is 10.7. The molecule has 0 aliphatic heterocycles. The van der Waals surface area contributed by atoms with Gasteiger partial charge in [-0.05, 0) is 37.3 Å². The van der Waals surface area contributed by atoms with Crippen molar-refractivity contribution in [2.45, 2.75) is 6.92 Å². The number of rotatable bonds is 8. The zero-order chi connectivity index (χ0) is 21.4. The van der Waals surface area contributed by atoms with Gasteiger partial charge in [-0.2, -0.15) is 0 Å². The van der Waals surface area contributed by atoms with E-state index in [1.54, 1.807) is 24.3 Å². The Balaban J connectivity index is 1.92. The van der Waals surface area contributed by atoms with Gasteiger partial charge in [0.2, 0.25) is 10.0 Å². The Hall–Kier alpha value is -2.98. The highest BCUT2D eigenvalue weighted by molar-refractivity contribution is 7.92. The Morgan fingerprint density at radius 2 is 1.69 bits per heavy atom. The van der Waals surface area contributed by atoms with Crippen molar-refractivity contribution in [1.29, 1.82) is 0 Å². The molecule has 0 aliphatic rings. The fourth-order valence-electron chi connectivity index (χ4n) is 2.17. The van der Waals surface area contributed by atoms with Crippen molar-refractivity contribution in [3.05, 3.63) is 53.1 Å². The van der Waals surface area contributed by atoms with Gasteiger partial charge in [0.05, 0.1) is 23.6 Å². The van der Waals surface area contributed by atoms with Crippen molar-refractivity contribution in [2.75, 3.05) is 24.2 Å². The van der Waals surface area contributed by atoms with Gasteiger partial charge in [0.1, 0.15) is 0 Å². The van der Waals surface area contributed by atoms with Gasteiger partial charge in [0, 0.05) is 5.56 Å². The highest BCUT2D eigenvalue weighted by Gasteiger charge is 2.13. The Bertz CT molecular complexity index is 997. The van der Waals surface area contributed by atoms with Crippen molar-refractivity contribution in [3.63, 3.8) is 0 Å². The lowest BCUT2D eigenvalue weighted by molar-refractivity contribution is -0.123. The zero-order valence-corrected chi connectivity index (χ0v) is 17.3. The number of hydrogen-bond acceptors (Lipinski definition) is 6. The summed E-state index contributed by atoms with van der Waals surface area (Å²) in [5.74, 6) is -0.377. The third-order valence-electron chi connectivity index (χ3n) is 3.35. The van der Waals surface area contributed by atoms with E-state index in [-0.39, 0.29) is 22.9 Å². The first kappa shape index (κ1) is 22.3. The molecule has 0 saturated carbocycles. The Kier molecular flexibility index (Phi) is 7.68. The molecule has 2 aromatic rings. The van der Waals surface area contributed by atoms with Crippen LogP contribution in [0.1, 0.15) is 17.3 Å². The Labute approximate surface area is 173 Å². The quantitative estimate of drug-likeness (QED) is 0.538. The maximum Gasteiger partial charge on any atom is 0.276 e. The molecule has 0 atom stereocenters. The average molecular weight is 442 g/mol. The van der Waals surface area contributed by atoms with Gasteiger partial charge < -0.3 is 9.47 Å². The molecule has 0 aliphatic carbocycles. The minimum atomic E-state index is -3.57. The van der Waals surface area contributed by atoms with Gasteiger partial charge in [-0.25, -0.2) is 8.42 Å². The summed E-state index contributed by atoms with van der Waals surface area (Å²) in [5.41, 5.74) is 4.56. The topological polar surface area (TPSA) is 123 Å². The second-order valence-electron chi connectivity index (χ2n) is 5.74. The molecule has 0 unspecified atom stereocenters.